The van der Waals surface area contributed by atoms with Gasteiger partial charge in [0.1, 0.15) is 12.2 Å². The average Bonchev–Trinajstić information content (AvgIpc) is 2.40. The predicted molar refractivity (Wildman–Crippen MR) is 50.4 cm³/mol. The van der Waals surface area contributed by atoms with Gasteiger partial charge in [-0.2, -0.15) is 5.10 Å². The van der Waals surface area contributed by atoms with Crippen molar-refractivity contribution in [2.75, 3.05) is 0 Å². The summed E-state index contributed by atoms with van der Waals surface area (Å²) in [5, 5.41) is 14.1. The lowest BCUT2D eigenvalue weighted by Gasteiger charge is -1.79. The van der Waals surface area contributed by atoms with Gasteiger partial charge >= 0.3 is 5.97 Å². The van der Waals surface area contributed by atoms with E-state index in [1.165, 1.54) is 6.33 Å². The van der Waals surface area contributed by atoms with Crippen LogP contribution >= 0.6 is 0 Å². The van der Waals surface area contributed by atoms with E-state index in [0.29, 0.717) is 6.42 Å². The Morgan fingerprint density at radius 2 is 2.31 bits per heavy atom. The molecular formula is C8H17N3O2. The Morgan fingerprint density at radius 1 is 1.69 bits per heavy atom. The molecular weight excluding hydrogens is 170 g/mol. The van der Waals surface area contributed by atoms with Gasteiger partial charge in [-0.15, -0.1) is 0 Å². The number of nitrogens with one attached hydrogen (secondary N) is 1. The van der Waals surface area contributed by atoms with Gasteiger partial charge in [-0.1, -0.05) is 14.4 Å². The highest BCUT2D eigenvalue weighted by molar-refractivity contribution is 5.66. The van der Waals surface area contributed by atoms with Crippen LogP contribution < -0.4 is 0 Å². The zero-order valence-corrected chi connectivity index (χ0v) is 7.24. The van der Waals surface area contributed by atoms with E-state index >= 15 is 0 Å². The summed E-state index contributed by atoms with van der Waals surface area (Å²) in [6.45, 7) is 3.70. The molecule has 76 valence electrons. The van der Waals surface area contributed by atoms with Crippen molar-refractivity contribution in [1.82, 2.24) is 15.2 Å². The van der Waals surface area contributed by atoms with Crippen LogP contribution in [0.3, 0.4) is 0 Å². The number of carboxylic acids is 1. The summed E-state index contributed by atoms with van der Waals surface area (Å²) < 4.78 is 0. The van der Waals surface area contributed by atoms with Crippen molar-refractivity contribution in [3.05, 3.63) is 12.2 Å². The normalized spacial score (nSPS) is 7.85. The molecule has 0 saturated heterocycles. The third-order valence-corrected chi connectivity index (χ3v) is 0.999. The molecule has 0 atom stereocenters. The first-order chi connectivity index (χ1) is 5.66. The van der Waals surface area contributed by atoms with Crippen LogP contribution in [0.1, 0.15) is 33.0 Å². The van der Waals surface area contributed by atoms with Crippen LogP contribution in [-0.2, 0) is 4.79 Å². The van der Waals surface area contributed by atoms with Crippen LogP contribution in [0.5, 0.6) is 0 Å². The van der Waals surface area contributed by atoms with Crippen molar-refractivity contribution in [1.29, 1.82) is 0 Å². The number of aryl methyl sites for hydroxylation is 1. The van der Waals surface area contributed by atoms with E-state index in [-0.39, 0.29) is 7.43 Å². The van der Waals surface area contributed by atoms with Crippen LogP contribution in [0.15, 0.2) is 6.33 Å². The van der Waals surface area contributed by atoms with Gasteiger partial charge < -0.3 is 5.11 Å². The summed E-state index contributed by atoms with van der Waals surface area (Å²) in [5.41, 5.74) is 0. The Morgan fingerprint density at radius 3 is 2.38 bits per heavy atom. The fraction of sp³-hybridized carbons (Fsp3) is 0.625. The van der Waals surface area contributed by atoms with Gasteiger partial charge in [-0.05, 0) is 13.3 Å². The number of H-pyrrole nitrogens is 1. The largest absolute Gasteiger partial charge is 0.481 e. The number of nitrogens with zero attached hydrogens (tertiary/aromatic N) is 2. The zero-order chi connectivity index (χ0) is 9.40. The third-order valence-electron chi connectivity index (χ3n) is 0.999. The molecule has 13 heavy (non-hydrogen) atoms. The van der Waals surface area contributed by atoms with Crippen molar-refractivity contribution in [3.63, 3.8) is 0 Å². The van der Waals surface area contributed by atoms with Gasteiger partial charge in [0.2, 0.25) is 0 Å². The predicted octanol–water partition coefficient (Wildman–Crippen LogP) is 1.62. The molecule has 0 aliphatic rings. The standard InChI is InChI=1S/C4H8O2.C3H5N3.CH4/c1-2-3-4(5)6;1-3-4-2-5-6-3;/h2-3H2,1H3,(H,5,6);2H,1H3,(H,4,5,6);1H4. The maximum atomic E-state index is 9.60. The SMILES string of the molecule is C.CCCC(=O)O.Cc1ncn[nH]1. The summed E-state index contributed by atoms with van der Waals surface area (Å²) in [4.78, 5) is 13.3. The highest BCUT2D eigenvalue weighted by Gasteiger charge is 1.87. The second kappa shape index (κ2) is 8.70. The van der Waals surface area contributed by atoms with Gasteiger partial charge in [0.05, 0.1) is 0 Å². The third kappa shape index (κ3) is 10.6. The molecule has 0 unspecified atom stereocenters. The maximum Gasteiger partial charge on any atom is 0.303 e. The summed E-state index contributed by atoms with van der Waals surface area (Å²) in [7, 11) is 0. The van der Waals surface area contributed by atoms with Gasteiger partial charge in [-0.3, -0.25) is 9.89 Å². The fourth-order valence-corrected chi connectivity index (χ4v) is 0.480. The van der Waals surface area contributed by atoms with Crippen molar-refractivity contribution < 1.29 is 9.90 Å². The lowest BCUT2D eigenvalue weighted by molar-refractivity contribution is -0.137. The smallest absolute Gasteiger partial charge is 0.303 e. The van der Waals surface area contributed by atoms with E-state index in [4.69, 9.17) is 5.11 Å². The van der Waals surface area contributed by atoms with Gasteiger partial charge in [0, 0.05) is 6.42 Å². The summed E-state index contributed by atoms with van der Waals surface area (Å²) in [6, 6.07) is 0. The second-order valence-corrected chi connectivity index (χ2v) is 2.21. The number of rotatable bonds is 2. The van der Waals surface area contributed by atoms with E-state index in [2.05, 4.69) is 15.2 Å². The van der Waals surface area contributed by atoms with Gasteiger partial charge in [-0.25, -0.2) is 4.98 Å². The Kier molecular flexibility index (Phi) is 9.48. The highest BCUT2D eigenvalue weighted by atomic mass is 16.4. The zero-order valence-electron chi connectivity index (χ0n) is 7.24. The molecule has 0 radical (unpaired) electrons. The molecule has 2 N–H and O–H groups in total. The first kappa shape index (κ1) is 14.2. The lowest BCUT2D eigenvalue weighted by atomic mass is 10.4. The molecule has 5 heteroatoms. The minimum Gasteiger partial charge on any atom is -0.481 e. The van der Waals surface area contributed by atoms with Gasteiger partial charge in [0.25, 0.3) is 0 Å². The molecule has 0 aliphatic carbocycles. The number of hydrogen-bond acceptors (Lipinski definition) is 3. The van der Waals surface area contributed by atoms with E-state index in [9.17, 15) is 4.79 Å². The molecule has 0 fully saturated rings. The summed E-state index contributed by atoms with van der Waals surface area (Å²) >= 11 is 0. The molecule has 0 bridgehead atoms. The van der Waals surface area contributed by atoms with Gasteiger partial charge in [0.15, 0.2) is 0 Å². The number of carboxylic acid groups (broad SMARTS) is 1. The molecule has 0 amide bonds. The Labute approximate surface area is 78.2 Å². The topological polar surface area (TPSA) is 78.9 Å². The van der Waals surface area contributed by atoms with Crippen molar-refractivity contribution in [3.8, 4) is 0 Å². The molecule has 1 aromatic rings. The fourth-order valence-electron chi connectivity index (χ4n) is 0.480. The van der Waals surface area contributed by atoms with Crippen LogP contribution in [0.2, 0.25) is 0 Å². The molecule has 1 heterocycles. The maximum absolute atomic E-state index is 9.60. The van der Waals surface area contributed by atoms with Crippen molar-refractivity contribution in [2.24, 2.45) is 0 Å². The van der Waals surface area contributed by atoms with E-state index in [1.807, 2.05) is 13.8 Å². The minimum atomic E-state index is -0.711. The van der Waals surface area contributed by atoms with Crippen LogP contribution in [-0.4, -0.2) is 26.3 Å². The molecule has 1 aromatic heterocycles. The Bertz CT molecular complexity index is 209. The lowest BCUT2D eigenvalue weighted by Crippen LogP contribution is -1.90. The van der Waals surface area contributed by atoms with E-state index < -0.39 is 5.97 Å². The number of carbonyl (C=O) groups is 1. The van der Waals surface area contributed by atoms with Crippen LogP contribution in [0.25, 0.3) is 0 Å². The number of hydrogen-bond donors (Lipinski definition) is 2. The molecule has 0 aromatic carbocycles. The van der Waals surface area contributed by atoms with E-state index in [1.54, 1.807) is 0 Å². The number of aromatic amines is 1. The highest BCUT2D eigenvalue weighted by Crippen LogP contribution is 1.82. The number of aliphatic carboxylic acids is 1. The van der Waals surface area contributed by atoms with Crippen LogP contribution in [0.4, 0.5) is 0 Å². The Hall–Kier alpha value is -1.39. The summed E-state index contributed by atoms with van der Waals surface area (Å²) in [6.07, 6.45) is 2.50. The minimum absolute atomic E-state index is 0. The first-order valence-electron chi connectivity index (χ1n) is 3.70. The van der Waals surface area contributed by atoms with E-state index in [0.717, 1.165) is 12.2 Å². The first-order valence-corrected chi connectivity index (χ1v) is 3.70. The number of aromatic nitrogens is 3. The molecule has 0 saturated carbocycles. The average molecular weight is 187 g/mol. The van der Waals surface area contributed by atoms with Crippen molar-refractivity contribution in [2.45, 2.75) is 34.1 Å². The molecule has 0 aliphatic heterocycles. The second-order valence-electron chi connectivity index (χ2n) is 2.21. The summed E-state index contributed by atoms with van der Waals surface area (Å²) in [5.74, 6) is 0.146. The van der Waals surface area contributed by atoms with Crippen LogP contribution in [0, 0.1) is 6.92 Å². The van der Waals surface area contributed by atoms with Crippen molar-refractivity contribution >= 4 is 5.97 Å². The Balaban J connectivity index is 0. The quantitative estimate of drug-likeness (QED) is 0.737. The monoisotopic (exact) mass is 187 g/mol. The molecule has 5 nitrogen and oxygen atoms in total. The molecule has 1 rings (SSSR count). The molecule has 0 spiro atoms.